The van der Waals surface area contributed by atoms with Gasteiger partial charge in [-0.3, -0.25) is 0 Å². The van der Waals surface area contributed by atoms with Gasteiger partial charge >= 0.3 is 0 Å². The van der Waals surface area contributed by atoms with Gasteiger partial charge in [-0.25, -0.2) is 0 Å². The SMILES string of the molecule is CCCOc1ccc(NC2CCC(C)CC2)cc1. The molecule has 0 amide bonds. The van der Waals surface area contributed by atoms with Gasteiger partial charge in [-0.15, -0.1) is 0 Å². The van der Waals surface area contributed by atoms with Crippen LogP contribution in [0.2, 0.25) is 0 Å². The molecule has 100 valence electrons. The van der Waals surface area contributed by atoms with Crippen molar-refractivity contribution in [2.45, 2.75) is 52.0 Å². The maximum atomic E-state index is 5.59. The van der Waals surface area contributed by atoms with Gasteiger partial charge in [0.05, 0.1) is 6.61 Å². The van der Waals surface area contributed by atoms with Crippen LogP contribution in [-0.2, 0) is 0 Å². The maximum Gasteiger partial charge on any atom is 0.119 e. The van der Waals surface area contributed by atoms with E-state index in [0.29, 0.717) is 6.04 Å². The van der Waals surface area contributed by atoms with Crippen LogP contribution in [0.4, 0.5) is 5.69 Å². The van der Waals surface area contributed by atoms with Crippen LogP contribution in [0.15, 0.2) is 24.3 Å². The lowest BCUT2D eigenvalue weighted by Gasteiger charge is -2.27. The van der Waals surface area contributed by atoms with Crippen molar-refractivity contribution in [3.63, 3.8) is 0 Å². The summed E-state index contributed by atoms with van der Waals surface area (Å²) >= 11 is 0. The quantitative estimate of drug-likeness (QED) is 0.829. The van der Waals surface area contributed by atoms with E-state index in [0.717, 1.165) is 24.7 Å². The van der Waals surface area contributed by atoms with Gasteiger partial charge in [-0.2, -0.15) is 0 Å². The fraction of sp³-hybridized carbons (Fsp3) is 0.625. The monoisotopic (exact) mass is 247 g/mol. The highest BCUT2D eigenvalue weighted by Gasteiger charge is 2.17. The van der Waals surface area contributed by atoms with E-state index in [1.807, 2.05) is 0 Å². The topological polar surface area (TPSA) is 21.3 Å². The Hall–Kier alpha value is -1.18. The van der Waals surface area contributed by atoms with Gasteiger partial charge in [-0.1, -0.05) is 13.8 Å². The molecule has 0 aliphatic heterocycles. The fourth-order valence-electron chi connectivity index (χ4n) is 2.51. The summed E-state index contributed by atoms with van der Waals surface area (Å²) in [6.45, 7) is 5.28. The number of hydrogen-bond acceptors (Lipinski definition) is 2. The van der Waals surface area contributed by atoms with E-state index in [-0.39, 0.29) is 0 Å². The highest BCUT2D eigenvalue weighted by atomic mass is 16.5. The lowest BCUT2D eigenvalue weighted by molar-refractivity contribution is 0.317. The first-order valence-electron chi connectivity index (χ1n) is 7.27. The summed E-state index contributed by atoms with van der Waals surface area (Å²) < 4.78 is 5.59. The number of benzene rings is 1. The number of anilines is 1. The Labute approximate surface area is 111 Å². The average molecular weight is 247 g/mol. The molecular weight excluding hydrogens is 222 g/mol. The fourth-order valence-corrected chi connectivity index (χ4v) is 2.51. The Bertz CT molecular complexity index is 339. The lowest BCUT2D eigenvalue weighted by Crippen LogP contribution is -2.25. The molecule has 0 atom stereocenters. The number of rotatable bonds is 5. The number of hydrogen-bond donors (Lipinski definition) is 1. The van der Waals surface area contributed by atoms with Gasteiger partial charge in [0.15, 0.2) is 0 Å². The van der Waals surface area contributed by atoms with Gasteiger partial charge in [0.1, 0.15) is 5.75 Å². The van der Waals surface area contributed by atoms with E-state index in [4.69, 9.17) is 4.74 Å². The predicted molar refractivity (Wildman–Crippen MR) is 77.3 cm³/mol. The van der Waals surface area contributed by atoms with Crippen molar-refractivity contribution in [3.05, 3.63) is 24.3 Å². The average Bonchev–Trinajstić information content (AvgIpc) is 2.41. The smallest absolute Gasteiger partial charge is 0.119 e. The first kappa shape index (κ1) is 13.3. The molecular formula is C16H25NO. The second kappa shape index (κ2) is 6.67. The van der Waals surface area contributed by atoms with Crippen molar-refractivity contribution in [1.29, 1.82) is 0 Å². The standard InChI is InChI=1S/C16H25NO/c1-3-12-18-16-10-8-15(9-11-16)17-14-6-4-13(2)5-7-14/h8-11,13-14,17H,3-7,12H2,1-2H3. The summed E-state index contributed by atoms with van der Waals surface area (Å²) in [6, 6.07) is 9.03. The van der Waals surface area contributed by atoms with E-state index < -0.39 is 0 Å². The molecule has 0 radical (unpaired) electrons. The molecule has 2 nitrogen and oxygen atoms in total. The minimum atomic E-state index is 0.656. The molecule has 0 aromatic heterocycles. The predicted octanol–water partition coefficient (Wildman–Crippen LogP) is 4.47. The highest BCUT2D eigenvalue weighted by Crippen LogP contribution is 2.26. The van der Waals surface area contributed by atoms with Crippen LogP contribution >= 0.6 is 0 Å². The van der Waals surface area contributed by atoms with E-state index in [1.165, 1.54) is 31.4 Å². The van der Waals surface area contributed by atoms with E-state index in [1.54, 1.807) is 0 Å². The molecule has 1 aliphatic carbocycles. The lowest BCUT2D eigenvalue weighted by atomic mass is 9.87. The first-order chi connectivity index (χ1) is 8.78. The summed E-state index contributed by atoms with van der Waals surface area (Å²) in [4.78, 5) is 0. The van der Waals surface area contributed by atoms with Crippen molar-refractivity contribution in [2.75, 3.05) is 11.9 Å². The zero-order valence-corrected chi connectivity index (χ0v) is 11.6. The van der Waals surface area contributed by atoms with E-state index in [9.17, 15) is 0 Å². The summed E-state index contributed by atoms with van der Waals surface area (Å²) in [6.07, 6.45) is 6.37. The molecule has 1 N–H and O–H groups in total. The van der Waals surface area contributed by atoms with Crippen LogP contribution in [-0.4, -0.2) is 12.6 Å². The maximum absolute atomic E-state index is 5.59. The zero-order valence-electron chi connectivity index (χ0n) is 11.6. The van der Waals surface area contributed by atoms with Crippen LogP contribution in [0.1, 0.15) is 46.0 Å². The van der Waals surface area contributed by atoms with Gasteiger partial charge in [-0.05, 0) is 62.3 Å². The third-order valence-electron chi connectivity index (χ3n) is 3.71. The molecule has 1 aromatic carbocycles. The molecule has 18 heavy (non-hydrogen) atoms. The van der Waals surface area contributed by atoms with E-state index >= 15 is 0 Å². The minimum absolute atomic E-state index is 0.656. The normalized spacial score (nSPS) is 23.7. The molecule has 2 rings (SSSR count). The summed E-state index contributed by atoms with van der Waals surface area (Å²) in [5.41, 5.74) is 1.22. The van der Waals surface area contributed by atoms with Crippen LogP contribution in [0.5, 0.6) is 5.75 Å². The molecule has 0 spiro atoms. The van der Waals surface area contributed by atoms with Crippen LogP contribution in [0.25, 0.3) is 0 Å². The van der Waals surface area contributed by atoms with Gasteiger partial charge in [0.2, 0.25) is 0 Å². The zero-order chi connectivity index (χ0) is 12.8. The summed E-state index contributed by atoms with van der Waals surface area (Å²) in [7, 11) is 0. The molecule has 0 heterocycles. The van der Waals surface area contributed by atoms with Crippen molar-refractivity contribution >= 4 is 5.69 Å². The number of nitrogens with one attached hydrogen (secondary N) is 1. The third-order valence-corrected chi connectivity index (χ3v) is 3.71. The summed E-state index contributed by atoms with van der Waals surface area (Å²) in [5, 5.41) is 3.63. The minimum Gasteiger partial charge on any atom is -0.494 e. The summed E-state index contributed by atoms with van der Waals surface area (Å²) in [5.74, 6) is 1.88. The molecule has 2 heteroatoms. The first-order valence-corrected chi connectivity index (χ1v) is 7.27. The molecule has 0 saturated heterocycles. The van der Waals surface area contributed by atoms with Crippen molar-refractivity contribution < 1.29 is 4.74 Å². The third kappa shape index (κ3) is 3.94. The Balaban J connectivity index is 1.82. The Morgan fingerprint density at radius 3 is 2.39 bits per heavy atom. The van der Waals surface area contributed by atoms with Gasteiger partial charge in [0, 0.05) is 11.7 Å². The van der Waals surface area contributed by atoms with Gasteiger partial charge in [0.25, 0.3) is 0 Å². The van der Waals surface area contributed by atoms with Crippen LogP contribution < -0.4 is 10.1 Å². The van der Waals surface area contributed by atoms with Crippen molar-refractivity contribution in [1.82, 2.24) is 0 Å². The van der Waals surface area contributed by atoms with E-state index in [2.05, 4.69) is 43.4 Å². The molecule has 0 unspecified atom stereocenters. The molecule has 0 bridgehead atoms. The molecule has 1 fully saturated rings. The van der Waals surface area contributed by atoms with Crippen molar-refractivity contribution in [3.8, 4) is 5.75 Å². The molecule has 1 aromatic rings. The number of ether oxygens (including phenoxy) is 1. The van der Waals surface area contributed by atoms with Gasteiger partial charge < -0.3 is 10.1 Å². The van der Waals surface area contributed by atoms with Crippen LogP contribution in [0, 0.1) is 5.92 Å². The second-order valence-electron chi connectivity index (χ2n) is 5.47. The molecule has 1 aliphatic rings. The largest absolute Gasteiger partial charge is 0.494 e. The Morgan fingerprint density at radius 2 is 1.78 bits per heavy atom. The Kier molecular flexibility index (Phi) is 4.91. The second-order valence-corrected chi connectivity index (χ2v) is 5.47. The highest BCUT2D eigenvalue weighted by molar-refractivity contribution is 5.47. The molecule has 1 saturated carbocycles. The Morgan fingerprint density at radius 1 is 1.11 bits per heavy atom. The van der Waals surface area contributed by atoms with Crippen molar-refractivity contribution in [2.24, 2.45) is 5.92 Å². The van der Waals surface area contributed by atoms with Crippen LogP contribution in [0.3, 0.4) is 0 Å².